The van der Waals surface area contributed by atoms with E-state index in [-0.39, 0.29) is 17.2 Å². The molecule has 0 radical (unpaired) electrons. The number of hydrogen-bond donors (Lipinski definition) is 2. The lowest BCUT2D eigenvalue weighted by Crippen LogP contribution is -2.30. The summed E-state index contributed by atoms with van der Waals surface area (Å²) in [5.41, 5.74) is 1.70. The molecular formula is C27H29ClFN5O4. The van der Waals surface area contributed by atoms with E-state index in [0.29, 0.717) is 72.7 Å². The Morgan fingerprint density at radius 1 is 1.24 bits per heavy atom. The van der Waals surface area contributed by atoms with E-state index in [2.05, 4.69) is 20.6 Å². The predicted octanol–water partition coefficient (Wildman–Crippen LogP) is 4.75. The van der Waals surface area contributed by atoms with Crippen LogP contribution in [0, 0.1) is 11.7 Å². The van der Waals surface area contributed by atoms with E-state index in [0.717, 1.165) is 12.8 Å². The summed E-state index contributed by atoms with van der Waals surface area (Å²) in [4.78, 5) is 23.5. The first-order valence-corrected chi connectivity index (χ1v) is 12.9. The maximum atomic E-state index is 13.6. The Morgan fingerprint density at radius 2 is 2.05 bits per heavy atom. The zero-order valence-corrected chi connectivity index (χ0v) is 21.7. The molecule has 5 rings (SSSR count). The highest BCUT2D eigenvalue weighted by molar-refractivity contribution is 6.31. The Hall–Kier alpha value is -3.31. The Labute approximate surface area is 224 Å². The van der Waals surface area contributed by atoms with Gasteiger partial charge in [-0.2, -0.15) is 0 Å². The largest absolute Gasteiger partial charge is 0.491 e. The van der Waals surface area contributed by atoms with Crippen molar-refractivity contribution in [3.8, 4) is 5.75 Å². The first-order chi connectivity index (χ1) is 18.4. The van der Waals surface area contributed by atoms with E-state index in [4.69, 9.17) is 25.8 Å². The van der Waals surface area contributed by atoms with Crippen molar-refractivity contribution >= 4 is 45.6 Å². The Kier molecular flexibility index (Phi) is 8.33. The fourth-order valence-electron chi connectivity index (χ4n) is 3.96. The van der Waals surface area contributed by atoms with Gasteiger partial charge in [0.2, 0.25) is 5.91 Å². The van der Waals surface area contributed by atoms with Crippen molar-refractivity contribution in [2.45, 2.75) is 19.1 Å². The average Bonchev–Trinajstić information content (AvgIpc) is 3.59. The number of fused-ring (bicyclic) bond motifs is 1. The number of amides is 1. The molecule has 0 spiro atoms. The van der Waals surface area contributed by atoms with Crippen LogP contribution in [0.3, 0.4) is 0 Å². The van der Waals surface area contributed by atoms with Gasteiger partial charge in [-0.15, -0.1) is 0 Å². The number of ether oxygens (including phenoxy) is 3. The molecule has 1 saturated carbocycles. The number of carbonyl (C=O) groups excluding carboxylic acids is 1. The molecule has 3 aromatic rings. The summed E-state index contributed by atoms with van der Waals surface area (Å²) in [6.07, 6.45) is 6.74. The number of rotatable bonds is 11. The van der Waals surface area contributed by atoms with Crippen LogP contribution in [0.2, 0.25) is 5.02 Å². The number of likely N-dealkylation sites (N-methyl/N-ethyl adjacent to an activating group) is 1. The number of hydrogen-bond acceptors (Lipinski definition) is 8. The number of anilines is 3. The Balaban J connectivity index is 1.33. The molecule has 2 aliphatic rings. The van der Waals surface area contributed by atoms with Gasteiger partial charge in [0.25, 0.3) is 0 Å². The zero-order valence-electron chi connectivity index (χ0n) is 21.0. The van der Waals surface area contributed by atoms with Crippen LogP contribution in [0.25, 0.3) is 10.9 Å². The van der Waals surface area contributed by atoms with Crippen molar-refractivity contribution in [2.24, 2.45) is 5.92 Å². The Bertz CT molecular complexity index is 1330. The monoisotopic (exact) mass is 541 g/mol. The summed E-state index contributed by atoms with van der Waals surface area (Å²) in [6, 6.07) is 7.89. The molecule has 2 aromatic carbocycles. The third kappa shape index (κ3) is 6.96. The molecule has 0 atom stereocenters. The summed E-state index contributed by atoms with van der Waals surface area (Å²) in [7, 11) is 1.93. The summed E-state index contributed by atoms with van der Waals surface area (Å²) >= 11 is 5.94. The van der Waals surface area contributed by atoms with E-state index in [1.54, 1.807) is 24.3 Å². The lowest BCUT2D eigenvalue weighted by atomic mass is 10.1. The van der Waals surface area contributed by atoms with Crippen molar-refractivity contribution in [1.82, 2.24) is 14.9 Å². The predicted molar refractivity (Wildman–Crippen MR) is 143 cm³/mol. The van der Waals surface area contributed by atoms with Gasteiger partial charge < -0.3 is 24.8 Å². The fraction of sp³-hybridized carbons (Fsp3) is 0.370. The molecule has 1 amide bonds. The summed E-state index contributed by atoms with van der Waals surface area (Å²) < 4.78 is 30.6. The first-order valence-electron chi connectivity index (χ1n) is 12.5. The van der Waals surface area contributed by atoms with Crippen LogP contribution in [0.15, 0.2) is 48.8 Å². The first kappa shape index (κ1) is 26.3. The van der Waals surface area contributed by atoms with Crippen molar-refractivity contribution < 1.29 is 23.4 Å². The van der Waals surface area contributed by atoms with Crippen LogP contribution < -0.4 is 15.4 Å². The van der Waals surface area contributed by atoms with Gasteiger partial charge in [-0.05, 0) is 50.1 Å². The average molecular weight is 542 g/mol. The minimum atomic E-state index is -0.508. The van der Waals surface area contributed by atoms with Crippen molar-refractivity contribution in [2.75, 3.05) is 50.6 Å². The molecule has 2 heterocycles. The van der Waals surface area contributed by atoms with Gasteiger partial charge in [-0.3, -0.25) is 9.69 Å². The van der Waals surface area contributed by atoms with Gasteiger partial charge >= 0.3 is 0 Å². The molecule has 9 nitrogen and oxygen atoms in total. The van der Waals surface area contributed by atoms with Gasteiger partial charge in [0, 0.05) is 36.3 Å². The molecule has 0 unspecified atom stereocenters. The zero-order chi connectivity index (χ0) is 26.5. The molecular weight excluding hydrogens is 513 g/mol. The standard InChI is InChI=1S/C27H29ClFN5O4/c1-34(14-26-36-9-10-37-26)8-2-3-25(35)33-23-12-19-22(13-24(23)38-15-17-4-5-17)30-16-31-27(19)32-18-6-7-21(29)20(28)11-18/h2-3,6-7,11-13,16-17,26H,4-5,8-10,14-15H2,1H3,(H,33,35)(H,30,31,32)/b3-2+. The van der Waals surface area contributed by atoms with Crippen molar-refractivity contribution in [1.29, 1.82) is 0 Å². The molecule has 1 aromatic heterocycles. The molecule has 1 saturated heterocycles. The third-order valence-electron chi connectivity index (χ3n) is 6.19. The summed E-state index contributed by atoms with van der Waals surface area (Å²) in [5, 5.41) is 6.74. The van der Waals surface area contributed by atoms with Gasteiger partial charge in [0.05, 0.1) is 36.0 Å². The smallest absolute Gasteiger partial charge is 0.248 e. The number of halogens is 2. The second-order valence-electron chi connectivity index (χ2n) is 9.38. The second-order valence-corrected chi connectivity index (χ2v) is 9.79. The lowest BCUT2D eigenvalue weighted by Gasteiger charge is -2.18. The molecule has 200 valence electrons. The van der Waals surface area contributed by atoms with Gasteiger partial charge in [0.1, 0.15) is 23.7 Å². The number of nitrogens with zero attached hydrogens (tertiary/aromatic N) is 3. The third-order valence-corrected chi connectivity index (χ3v) is 6.48. The molecule has 38 heavy (non-hydrogen) atoms. The molecule has 2 fully saturated rings. The van der Waals surface area contributed by atoms with E-state index in [1.807, 2.05) is 11.9 Å². The van der Waals surface area contributed by atoms with Gasteiger partial charge in [-0.25, -0.2) is 14.4 Å². The highest BCUT2D eigenvalue weighted by Crippen LogP contribution is 2.36. The lowest BCUT2D eigenvalue weighted by molar-refractivity contribution is -0.111. The highest BCUT2D eigenvalue weighted by atomic mass is 35.5. The van der Waals surface area contributed by atoms with Crippen molar-refractivity contribution in [3.63, 3.8) is 0 Å². The summed E-state index contributed by atoms with van der Waals surface area (Å²) in [6.45, 7) is 2.96. The van der Waals surface area contributed by atoms with Gasteiger partial charge in [-0.1, -0.05) is 17.7 Å². The van der Waals surface area contributed by atoms with E-state index in [9.17, 15) is 9.18 Å². The van der Waals surface area contributed by atoms with E-state index >= 15 is 0 Å². The van der Waals surface area contributed by atoms with Crippen LogP contribution in [0.5, 0.6) is 5.75 Å². The van der Waals surface area contributed by atoms with Crippen LogP contribution in [-0.4, -0.2) is 67.0 Å². The maximum Gasteiger partial charge on any atom is 0.248 e. The number of nitrogens with one attached hydrogen (secondary N) is 2. The van der Waals surface area contributed by atoms with Crippen LogP contribution in [0.4, 0.5) is 21.6 Å². The molecule has 11 heteroatoms. The van der Waals surface area contributed by atoms with E-state index < -0.39 is 5.82 Å². The van der Waals surface area contributed by atoms with Crippen LogP contribution in [0.1, 0.15) is 12.8 Å². The molecule has 1 aliphatic carbocycles. The van der Waals surface area contributed by atoms with Gasteiger partial charge in [0.15, 0.2) is 6.29 Å². The van der Waals surface area contributed by atoms with E-state index in [1.165, 1.54) is 24.5 Å². The highest BCUT2D eigenvalue weighted by Gasteiger charge is 2.23. The SMILES string of the molecule is CN(C/C=C/C(=O)Nc1cc2c(Nc3ccc(F)c(Cl)c3)ncnc2cc1OCC1CC1)CC1OCCO1. The molecule has 0 bridgehead atoms. The fourth-order valence-corrected chi connectivity index (χ4v) is 4.14. The minimum Gasteiger partial charge on any atom is -0.491 e. The minimum absolute atomic E-state index is 0.00203. The normalized spacial score (nSPS) is 16.0. The van der Waals surface area contributed by atoms with Crippen molar-refractivity contribution in [3.05, 3.63) is 59.7 Å². The Morgan fingerprint density at radius 3 is 2.82 bits per heavy atom. The topological polar surface area (TPSA) is 97.8 Å². The number of carbonyl (C=O) groups is 1. The second kappa shape index (κ2) is 12.0. The molecule has 1 aliphatic heterocycles. The maximum absolute atomic E-state index is 13.6. The number of benzene rings is 2. The molecule has 2 N–H and O–H groups in total. The quantitative estimate of drug-likeness (QED) is 0.336. The summed E-state index contributed by atoms with van der Waals surface area (Å²) in [5.74, 6) is 0.748. The van der Waals surface area contributed by atoms with Crippen LogP contribution >= 0.6 is 11.6 Å². The number of aromatic nitrogens is 2. The van der Waals surface area contributed by atoms with Crippen LogP contribution in [-0.2, 0) is 14.3 Å².